The highest BCUT2D eigenvalue weighted by atomic mass is 32.1. The van der Waals surface area contributed by atoms with E-state index in [0.29, 0.717) is 6.42 Å². The predicted octanol–water partition coefficient (Wildman–Crippen LogP) is 2.30. The van der Waals surface area contributed by atoms with Crippen LogP contribution in [0.2, 0.25) is 0 Å². The first-order valence-electron chi connectivity index (χ1n) is 5.74. The van der Waals surface area contributed by atoms with Crippen LogP contribution in [0.25, 0.3) is 0 Å². The SMILES string of the molecule is O=C(Cc1cccs1)NCCCn1cccc1. The second-order valence-electron chi connectivity index (χ2n) is 3.88. The van der Waals surface area contributed by atoms with Gasteiger partial charge in [-0.2, -0.15) is 0 Å². The first kappa shape index (κ1) is 11.9. The number of aryl methyl sites for hydroxylation is 1. The monoisotopic (exact) mass is 248 g/mol. The van der Waals surface area contributed by atoms with Gasteiger partial charge in [-0.25, -0.2) is 0 Å². The molecule has 2 rings (SSSR count). The highest BCUT2D eigenvalue weighted by Crippen LogP contribution is 2.08. The lowest BCUT2D eigenvalue weighted by Gasteiger charge is -2.05. The minimum Gasteiger partial charge on any atom is -0.356 e. The van der Waals surface area contributed by atoms with Crippen molar-refractivity contribution in [1.82, 2.24) is 9.88 Å². The normalized spacial score (nSPS) is 10.4. The van der Waals surface area contributed by atoms with Gasteiger partial charge in [0, 0.05) is 30.4 Å². The molecule has 0 aliphatic rings. The first-order chi connectivity index (χ1) is 8.34. The summed E-state index contributed by atoms with van der Waals surface area (Å²) in [6.07, 6.45) is 5.53. The Kier molecular flexibility index (Phi) is 4.38. The molecule has 3 nitrogen and oxygen atoms in total. The zero-order valence-corrected chi connectivity index (χ0v) is 10.5. The fourth-order valence-electron chi connectivity index (χ4n) is 1.64. The molecule has 0 radical (unpaired) electrons. The Labute approximate surface area is 105 Å². The lowest BCUT2D eigenvalue weighted by atomic mass is 10.3. The third-order valence-electron chi connectivity index (χ3n) is 2.50. The minimum atomic E-state index is 0.111. The fraction of sp³-hybridized carbons (Fsp3) is 0.308. The molecular weight excluding hydrogens is 232 g/mol. The Balaban J connectivity index is 1.60. The number of rotatable bonds is 6. The van der Waals surface area contributed by atoms with Crippen LogP contribution in [0, 0.1) is 0 Å². The first-order valence-corrected chi connectivity index (χ1v) is 6.62. The van der Waals surface area contributed by atoms with Gasteiger partial charge in [0.05, 0.1) is 6.42 Å². The van der Waals surface area contributed by atoms with Gasteiger partial charge in [-0.05, 0) is 30.0 Å². The molecule has 0 aromatic carbocycles. The molecule has 2 heterocycles. The fourth-order valence-corrected chi connectivity index (χ4v) is 2.35. The number of nitrogens with zero attached hydrogens (tertiary/aromatic N) is 1. The summed E-state index contributed by atoms with van der Waals surface area (Å²) in [6.45, 7) is 1.69. The molecular formula is C13H16N2OS. The van der Waals surface area contributed by atoms with Crippen molar-refractivity contribution in [3.05, 3.63) is 46.9 Å². The van der Waals surface area contributed by atoms with Gasteiger partial charge in [0.15, 0.2) is 0 Å². The van der Waals surface area contributed by atoms with E-state index in [1.54, 1.807) is 11.3 Å². The molecule has 0 bridgehead atoms. The molecule has 0 unspecified atom stereocenters. The summed E-state index contributed by atoms with van der Waals surface area (Å²) >= 11 is 1.62. The van der Waals surface area contributed by atoms with Gasteiger partial charge in [0.1, 0.15) is 0 Å². The molecule has 0 aliphatic heterocycles. The number of carbonyl (C=O) groups is 1. The van der Waals surface area contributed by atoms with Crippen LogP contribution in [0.3, 0.4) is 0 Å². The maximum absolute atomic E-state index is 11.6. The number of aromatic nitrogens is 1. The van der Waals surface area contributed by atoms with E-state index in [0.717, 1.165) is 24.4 Å². The molecule has 0 spiro atoms. The van der Waals surface area contributed by atoms with Crippen LogP contribution in [0.15, 0.2) is 42.0 Å². The lowest BCUT2D eigenvalue weighted by Crippen LogP contribution is -2.26. The van der Waals surface area contributed by atoms with E-state index >= 15 is 0 Å². The van der Waals surface area contributed by atoms with Crippen LogP contribution in [-0.4, -0.2) is 17.0 Å². The number of nitrogens with one attached hydrogen (secondary N) is 1. The Morgan fingerprint density at radius 1 is 1.29 bits per heavy atom. The highest BCUT2D eigenvalue weighted by molar-refractivity contribution is 7.10. The largest absolute Gasteiger partial charge is 0.356 e. The smallest absolute Gasteiger partial charge is 0.225 e. The van der Waals surface area contributed by atoms with Crippen LogP contribution in [0.4, 0.5) is 0 Å². The Morgan fingerprint density at radius 2 is 2.12 bits per heavy atom. The Hall–Kier alpha value is -1.55. The standard InChI is InChI=1S/C13H16N2OS/c16-13(11-12-5-3-10-17-12)14-6-4-9-15-7-1-2-8-15/h1-3,5,7-8,10H,4,6,9,11H2,(H,14,16). The van der Waals surface area contributed by atoms with Gasteiger partial charge in [0.25, 0.3) is 0 Å². The van der Waals surface area contributed by atoms with E-state index in [2.05, 4.69) is 9.88 Å². The van der Waals surface area contributed by atoms with Crippen molar-refractivity contribution in [2.24, 2.45) is 0 Å². The van der Waals surface area contributed by atoms with Crippen molar-refractivity contribution in [2.45, 2.75) is 19.4 Å². The number of hydrogen-bond acceptors (Lipinski definition) is 2. The molecule has 4 heteroatoms. The molecule has 0 aliphatic carbocycles. The number of thiophene rings is 1. The number of hydrogen-bond donors (Lipinski definition) is 1. The molecule has 0 saturated heterocycles. The average Bonchev–Trinajstić information content (AvgIpc) is 2.96. The molecule has 1 N–H and O–H groups in total. The maximum Gasteiger partial charge on any atom is 0.225 e. The van der Waals surface area contributed by atoms with Crippen LogP contribution < -0.4 is 5.32 Å². The Bertz CT molecular complexity index is 434. The van der Waals surface area contributed by atoms with Crippen molar-refractivity contribution in [3.63, 3.8) is 0 Å². The molecule has 0 fully saturated rings. The van der Waals surface area contributed by atoms with Gasteiger partial charge < -0.3 is 9.88 Å². The highest BCUT2D eigenvalue weighted by Gasteiger charge is 2.02. The van der Waals surface area contributed by atoms with E-state index in [1.807, 2.05) is 42.0 Å². The van der Waals surface area contributed by atoms with Crippen LogP contribution >= 0.6 is 11.3 Å². The summed E-state index contributed by atoms with van der Waals surface area (Å²) in [6, 6.07) is 7.98. The van der Waals surface area contributed by atoms with E-state index in [-0.39, 0.29) is 5.91 Å². The number of carbonyl (C=O) groups excluding carboxylic acids is 1. The zero-order valence-electron chi connectivity index (χ0n) is 9.63. The minimum absolute atomic E-state index is 0.111. The second kappa shape index (κ2) is 6.25. The summed E-state index contributed by atoms with van der Waals surface area (Å²) in [5.41, 5.74) is 0. The van der Waals surface area contributed by atoms with E-state index in [9.17, 15) is 4.79 Å². The number of amides is 1. The van der Waals surface area contributed by atoms with Gasteiger partial charge in [0.2, 0.25) is 5.91 Å². The Morgan fingerprint density at radius 3 is 2.82 bits per heavy atom. The van der Waals surface area contributed by atoms with E-state index in [4.69, 9.17) is 0 Å². The lowest BCUT2D eigenvalue weighted by molar-refractivity contribution is -0.120. The quantitative estimate of drug-likeness (QED) is 0.782. The maximum atomic E-state index is 11.6. The van der Waals surface area contributed by atoms with Crippen LogP contribution in [0.1, 0.15) is 11.3 Å². The average molecular weight is 248 g/mol. The summed E-state index contributed by atoms with van der Waals surface area (Å²) < 4.78 is 2.12. The van der Waals surface area contributed by atoms with Crippen molar-refractivity contribution < 1.29 is 4.79 Å². The van der Waals surface area contributed by atoms with Crippen molar-refractivity contribution in [3.8, 4) is 0 Å². The zero-order chi connectivity index (χ0) is 11.9. The molecule has 90 valence electrons. The topological polar surface area (TPSA) is 34.0 Å². The van der Waals surface area contributed by atoms with Gasteiger partial charge in [-0.15, -0.1) is 11.3 Å². The van der Waals surface area contributed by atoms with Crippen molar-refractivity contribution in [1.29, 1.82) is 0 Å². The third-order valence-corrected chi connectivity index (χ3v) is 3.37. The summed E-state index contributed by atoms with van der Waals surface area (Å²) in [5, 5.41) is 4.93. The molecule has 2 aromatic heterocycles. The summed E-state index contributed by atoms with van der Waals surface area (Å²) in [7, 11) is 0. The molecule has 17 heavy (non-hydrogen) atoms. The second-order valence-corrected chi connectivity index (χ2v) is 4.91. The molecule has 0 saturated carbocycles. The van der Waals surface area contributed by atoms with Crippen molar-refractivity contribution >= 4 is 17.2 Å². The van der Waals surface area contributed by atoms with Crippen molar-refractivity contribution in [2.75, 3.05) is 6.54 Å². The van der Waals surface area contributed by atoms with Gasteiger partial charge >= 0.3 is 0 Å². The molecule has 2 aromatic rings. The summed E-state index contributed by atoms with van der Waals surface area (Å²) in [5.74, 6) is 0.111. The van der Waals surface area contributed by atoms with Crippen LogP contribution in [0.5, 0.6) is 0 Å². The molecule has 0 atom stereocenters. The van der Waals surface area contributed by atoms with E-state index in [1.165, 1.54) is 0 Å². The van der Waals surface area contributed by atoms with Gasteiger partial charge in [-0.1, -0.05) is 6.07 Å². The van der Waals surface area contributed by atoms with Gasteiger partial charge in [-0.3, -0.25) is 4.79 Å². The predicted molar refractivity (Wildman–Crippen MR) is 70.1 cm³/mol. The van der Waals surface area contributed by atoms with Crippen LogP contribution in [-0.2, 0) is 17.8 Å². The molecule has 1 amide bonds. The third kappa shape index (κ3) is 4.07. The van der Waals surface area contributed by atoms with E-state index < -0.39 is 0 Å². The summed E-state index contributed by atoms with van der Waals surface area (Å²) in [4.78, 5) is 12.7.